The van der Waals surface area contributed by atoms with Crippen molar-refractivity contribution in [2.45, 2.75) is 6.10 Å². The van der Waals surface area contributed by atoms with Gasteiger partial charge in [0.1, 0.15) is 6.61 Å². The van der Waals surface area contributed by atoms with Crippen LogP contribution in [-0.2, 0) is 4.79 Å². The molecule has 1 aromatic heterocycles. The van der Waals surface area contributed by atoms with Gasteiger partial charge in [0, 0.05) is 11.3 Å². The van der Waals surface area contributed by atoms with Crippen molar-refractivity contribution in [3.05, 3.63) is 61.1 Å². The summed E-state index contributed by atoms with van der Waals surface area (Å²) < 4.78 is 16.5. The average Bonchev–Trinajstić information content (AvgIpc) is 3.16. The minimum Gasteiger partial charge on any atom is -0.485 e. The van der Waals surface area contributed by atoms with E-state index in [2.05, 4.69) is 10.3 Å². The van der Waals surface area contributed by atoms with E-state index < -0.39 is 6.10 Å². The molecule has 1 atom stereocenters. The highest BCUT2D eigenvalue weighted by molar-refractivity contribution is 5.95. The summed E-state index contributed by atoms with van der Waals surface area (Å²) in [6.45, 7) is 0.171. The second-order valence-corrected chi connectivity index (χ2v) is 5.30. The van der Waals surface area contributed by atoms with E-state index in [0.717, 1.165) is 5.56 Å². The number of ether oxygens (including phenoxy) is 2. The number of amides is 1. The molecule has 24 heavy (non-hydrogen) atoms. The molecule has 4 rings (SSSR count). The van der Waals surface area contributed by atoms with Crippen molar-refractivity contribution in [2.24, 2.45) is 0 Å². The molecule has 1 aliphatic rings. The van der Waals surface area contributed by atoms with E-state index in [1.165, 1.54) is 6.39 Å². The lowest BCUT2D eigenvalue weighted by Crippen LogP contribution is -2.40. The molecule has 3 aromatic rings. The number of aromatic nitrogens is 1. The number of rotatable bonds is 3. The van der Waals surface area contributed by atoms with Crippen molar-refractivity contribution >= 4 is 11.6 Å². The monoisotopic (exact) mass is 322 g/mol. The Morgan fingerprint density at radius 2 is 2.00 bits per heavy atom. The topological polar surface area (TPSA) is 73.6 Å². The first kappa shape index (κ1) is 14.3. The van der Waals surface area contributed by atoms with Crippen LogP contribution in [0.4, 0.5) is 5.69 Å². The Morgan fingerprint density at radius 3 is 2.83 bits per heavy atom. The van der Waals surface area contributed by atoms with Gasteiger partial charge >= 0.3 is 0 Å². The van der Waals surface area contributed by atoms with Crippen molar-refractivity contribution in [2.75, 3.05) is 11.9 Å². The fourth-order valence-electron chi connectivity index (χ4n) is 2.48. The van der Waals surface area contributed by atoms with Gasteiger partial charge in [0.2, 0.25) is 6.10 Å². The van der Waals surface area contributed by atoms with Crippen molar-refractivity contribution < 1.29 is 18.7 Å². The number of carbonyl (C=O) groups is 1. The lowest BCUT2D eigenvalue weighted by Gasteiger charge is -2.25. The van der Waals surface area contributed by atoms with Gasteiger partial charge in [-0.3, -0.25) is 4.79 Å². The van der Waals surface area contributed by atoms with Crippen molar-refractivity contribution in [1.29, 1.82) is 0 Å². The van der Waals surface area contributed by atoms with Gasteiger partial charge in [0.15, 0.2) is 23.7 Å². The molecular formula is C18H14N2O4. The molecule has 1 N–H and O–H groups in total. The Labute approximate surface area is 138 Å². The molecular weight excluding hydrogens is 308 g/mol. The molecule has 0 fully saturated rings. The number of nitrogens with one attached hydrogen (secondary N) is 1. The predicted molar refractivity (Wildman–Crippen MR) is 86.9 cm³/mol. The third kappa shape index (κ3) is 2.81. The molecule has 6 nitrogen and oxygen atoms in total. The third-order valence-electron chi connectivity index (χ3n) is 3.65. The first-order valence-electron chi connectivity index (χ1n) is 7.48. The zero-order chi connectivity index (χ0) is 16.4. The number of oxazole rings is 1. The summed E-state index contributed by atoms with van der Waals surface area (Å²) in [6, 6.07) is 14.6. The number of hydrogen-bond donors (Lipinski definition) is 1. The van der Waals surface area contributed by atoms with E-state index in [1.807, 2.05) is 36.4 Å². The molecule has 0 saturated carbocycles. The molecule has 0 spiro atoms. The maximum absolute atomic E-state index is 12.4. The number of fused-ring (bicyclic) bond motifs is 1. The minimum atomic E-state index is -0.700. The Hall–Kier alpha value is -3.28. The number of hydrogen-bond acceptors (Lipinski definition) is 5. The van der Waals surface area contributed by atoms with E-state index in [4.69, 9.17) is 13.9 Å². The Balaban J connectivity index is 1.48. The van der Waals surface area contributed by atoms with Gasteiger partial charge in [-0.1, -0.05) is 24.3 Å². The van der Waals surface area contributed by atoms with Crippen LogP contribution >= 0.6 is 0 Å². The van der Waals surface area contributed by atoms with Gasteiger partial charge < -0.3 is 19.2 Å². The summed E-state index contributed by atoms with van der Waals surface area (Å²) in [6.07, 6.45) is 2.29. The van der Waals surface area contributed by atoms with E-state index >= 15 is 0 Å². The summed E-state index contributed by atoms with van der Waals surface area (Å²) >= 11 is 0. The summed E-state index contributed by atoms with van der Waals surface area (Å²) in [4.78, 5) is 16.3. The van der Waals surface area contributed by atoms with Crippen LogP contribution in [0.3, 0.4) is 0 Å². The second-order valence-electron chi connectivity index (χ2n) is 5.30. The molecule has 0 bridgehead atoms. The maximum Gasteiger partial charge on any atom is 0.269 e. The molecule has 6 heteroatoms. The first-order chi connectivity index (χ1) is 11.8. The molecule has 2 aromatic carbocycles. The molecule has 120 valence electrons. The van der Waals surface area contributed by atoms with Crippen LogP contribution in [0.2, 0.25) is 0 Å². The Bertz CT molecular complexity index is 861. The van der Waals surface area contributed by atoms with Crippen LogP contribution in [0.5, 0.6) is 11.5 Å². The second kappa shape index (κ2) is 6.08. The first-order valence-corrected chi connectivity index (χ1v) is 7.48. The standard InChI is InChI=1S/C18H14N2O4/c21-18(17-10-22-14-6-1-2-7-15(14)24-17)20-13-5-3-4-12(8-13)16-9-19-11-23-16/h1-9,11,17H,10H2,(H,20,21). The van der Waals surface area contributed by atoms with Crippen LogP contribution < -0.4 is 14.8 Å². The molecule has 2 heterocycles. The highest BCUT2D eigenvalue weighted by atomic mass is 16.6. The molecule has 1 aliphatic heterocycles. The van der Waals surface area contributed by atoms with Crippen LogP contribution in [-0.4, -0.2) is 23.6 Å². The fourth-order valence-corrected chi connectivity index (χ4v) is 2.48. The van der Waals surface area contributed by atoms with Crippen molar-refractivity contribution in [3.8, 4) is 22.8 Å². The van der Waals surface area contributed by atoms with Crippen LogP contribution in [0, 0.1) is 0 Å². The van der Waals surface area contributed by atoms with Crippen LogP contribution in [0.25, 0.3) is 11.3 Å². The van der Waals surface area contributed by atoms with Crippen molar-refractivity contribution in [1.82, 2.24) is 4.98 Å². The minimum absolute atomic E-state index is 0.171. The zero-order valence-corrected chi connectivity index (χ0v) is 12.6. The predicted octanol–water partition coefficient (Wildman–Crippen LogP) is 3.12. The molecule has 0 radical (unpaired) electrons. The number of para-hydroxylation sites is 2. The molecule has 0 aliphatic carbocycles. The van der Waals surface area contributed by atoms with Gasteiger partial charge in [-0.05, 0) is 24.3 Å². The normalized spacial score (nSPS) is 15.8. The van der Waals surface area contributed by atoms with Crippen LogP contribution in [0.15, 0.2) is 65.5 Å². The summed E-state index contributed by atoms with van der Waals surface area (Å²) in [5.74, 6) is 1.59. The fraction of sp³-hybridized carbons (Fsp3) is 0.111. The van der Waals surface area contributed by atoms with E-state index in [0.29, 0.717) is 22.9 Å². The number of benzene rings is 2. The molecule has 0 saturated heterocycles. The average molecular weight is 322 g/mol. The number of carbonyl (C=O) groups excluding carboxylic acids is 1. The zero-order valence-electron chi connectivity index (χ0n) is 12.6. The highest BCUT2D eigenvalue weighted by Crippen LogP contribution is 2.31. The Morgan fingerprint density at radius 1 is 1.12 bits per heavy atom. The SMILES string of the molecule is O=C(Nc1cccc(-c2cnco2)c1)C1COc2ccccc2O1. The highest BCUT2D eigenvalue weighted by Gasteiger charge is 2.27. The number of nitrogens with zero attached hydrogens (tertiary/aromatic N) is 1. The van der Waals surface area contributed by atoms with Gasteiger partial charge in [0.05, 0.1) is 6.20 Å². The number of anilines is 1. The van der Waals surface area contributed by atoms with E-state index in [1.54, 1.807) is 18.3 Å². The van der Waals surface area contributed by atoms with Gasteiger partial charge in [-0.15, -0.1) is 0 Å². The van der Waals surface area contributed by atoms with Gasteiger partial charge in [-0.25, -0.2) is 4.98 Å². The van der Waals surface area contributed by atoms with Crippen molar-refractivity contribution in [3.63, 3.8) is 0 Å². The van der Waals surface area contributed by atoms with Crippen LogP contribution in [0.1, 0.15) is 0 Å². The van der Waals surface area contributed by atoms with Gasteiger partial charge in [0.25, 0.3) is 5.91 Å². The largest absolute Gasteiger partial charge is 0.485 e. The molecule has 1 amide bonds. The molecule has 1 unspecified atom stereocenters. The maximum atomic E-state index is 12.4. The summed E-state index contributed by atoms with van der Waals surface area (Å²) in [5.41, 5.74) is 1.48. The lowest BCUT2D eigenvalue weighted by atomic mass is 10.1. The van der Waals surface area contributed by atoms with E-state index in [-0.39, 0.29) is 12.5 Å². The third-order valence-corrected chi connectivity index (χ3v) is 3.65. The van der Waals surface area contributed by atoms with Gasteiger partial charge in [-0.2, -0.15) is 0 Å². The smallest absolute Gasteiger partial charge is 0.269 e. The van der Waals surface area contributed by atoms with E-state index in [9.17, 15) is 4.79 Å². The lowest BCUT2D eigenvalue weighted by molar-refractivity contribution is -0.125. The summed E-state index contributed by atoms with van der Waals surface area (Å²) in [5, 5.41) is 2.84. The Kier molecular flexibility index (Phi) is 3.63. The summed E-state index contributed by atoms with van der Waals surface area (Å²) in [7, 11) is 0. The quantitative estimate of drug-likeness (QED) is 0.802.